The van der Waals surface area contributed by atoms with Crippen molar-refractivity contribution in [3.63, 3.8) is 0 Å². The molecule has 0 aliphatic heterocycles. The van der Waals surface area contributed by atoms with Crippen molar-refractivity contribution in [2.45, 2.75) is 48.9 Å². The van der Waals surface area contributed by atoms with E-state index in [1.165, 1.54) is 42.5 Å². The molecule has 0 amide bonds. The van der Waals surface area contributed by atoms with Gasteiger partial charge in [-0.25, -0.2) is 0 Å². The Bertz CT molecular complexity index is 1700. The van der Waals surface area contributed by atoms with Gasteiger partial charge in [0.15, 0.2) is 23.0 Å². The van der Waals surface area contributed by atoms with E-state index in [0.717, 1.165) is 6.07 Å². The van der Waals surface area contributed by atoms with Crippen LogP contribution in [0, 0.1) is 0 Å². The average Bonchev–Trinajstić information content (AvgIpc) is 2.93. The van der Waals surface area contributed by atoms with Gasteiger partial charge in [0, 0.05) is 41.4 Å². The SMILES string of the molecule is Oc1cc(O)c2c(c1)C[C@H](c1ccc(O)c(O)c1)[C@H](O)[C@@H]2C1c2cc(-c3ccc(O)c(O)c3)c(O)cc2C(O)CC1O. The molecule has 10 N–H and O–H groups in total. The van der Waals surface area contributed by atoms with Gasteiger partial charge in [0.2, 0.25) is 0 Å². The van der Waals surface area contributed by atoms with Gasteiger partial charge in [0.25, 0.3) is 0 Å². The van der Waals surface area contributed by atoms with Crippen LogP contribution >= 0.6 is 0 Å². The molecule has 10 nitrogen and oxygen atoms in total. The van der Waals surface area contributed by atoms with Crippen molar-refractivity contribution in [2.24, 2.45) is 0 Å². The van der Waals surface area contributed by atoms with Crippen LogP contribution in [-0.2, 0) is 6.42 Å². The summed E-state index contributed by atoms with van der Waals surface area (Å²) in [4.78, 5) is 0. The fourth-order valence-electron chi connectivity index (χ4n) is 6.75. The highest BCUT2D eigenvalue weighted by Gasteiger charge is 2.48. The fourth-order valence-corrected chi connectivity index (χ4v) is 6.75. The molecule has 0 heterocycles. The van der Waals surface area contributed by atoms with Crippen molar-refractivity contribution in [3.05, 3.63) is 88.5 Å². The number of hydrogen-bond donors (Lipinski definition) is 10. The summed E-state index contributed by atoms with van der Waals surface area (Å²) >= 11 is 0. The van der Waals surface area contributed by atoms with Crippen LogP contribution in [0.2, 0.25) is 0 Å². The number of hydrogen-bond acceptors (Lipinski definition) is 10. The van der Waals surface area contributed by atoms with Gasteiger partial charge in [-0.15, -0.1) is 0 Å². The fraction of sp³-hybridized carbons (Fsp3) is 0.250. The Morgan fingerprint density at radius 3 is 1.95 bits per heavy atom. The molecule has 4 aromatic rings. The van der Waals surface area contributed by atoms with E-state index >= 15 is 0 Å². The smallest absolute Gasteiger partial charge is 0.158 e. The predicted molar refractivity (Wildman–Crippen MR) is 150 cm³/mol. The quantitative estimate of drug-likeness (QED) is 0.161. The van der Waals surface area contributed by atoms with E-state index in [4.69, 9.17) is 0 Å². The number of aliphatic hydroxyl groups is 3. The number of aliphatic hydroxyl groups excluding tert-OH is 3. The molecular formula is C32H30O10. The average molecular weight is 575 g/mol. The van der Waals surface area contributed by atoms with Gasteiger partial charge in [-0.2, -0.15) is 0 Å². The minimum Gasteiger partial charge on any atom is -0.508 e. The lowest BCUT2D eigenvalue weighted by Crippen LogP contribution is -2.42. The number of rotatable bonds is 3. The Morgan fingerprint density at radius 1 is 0.571 bits per heavy atom. The largest absolute Gasteiger partial charge is 0.508 e. The molecule has 6 rings (SSSR count). The van der Waals surface area contributed by atoms with Crippen molar-refractivity contribution in [1.29, 1.82) is 0 Å². The molecule has 0 bridgehead atoms. The van der Waals surface area contributed by atoms with Gasteiger partial charge < -0.3 is 51.1 Å². The highest BCUT2D eigenvalue weighted by molar-refractivity contribution is 5.74. The minimum absolute atomic E-state index is 0.126. The summed E-state index contributed by atoms with van der Waals surface area (Å²) in [5, 5.41) is 106. The first kappa shape index (κ1) is 27.5. The number of phenolic OH excluding ortho intramolecular Hbond substituents is 7. The van der Waals surface area contributed by atoms with Crippen LogP contribution in [0.4, 0.5) is 0 Å². The first-order chi connectivity index (χ1) is 19.9. The molecule has 42 heavy (non-hydrogen) atoms. The third kappa shape index (κ3) is 4.40. The standard InChI is InChI=1S/C32H30O10/c33-16-5-15-6-18(14-2-4-22(35)26(39)8-14)32(42)31(29(15)27(40)9-16)30-20-10-17(13-1-3-21(34)25(38)7-13)23(36)11-19(20)24(37)12-28(30)41/h1-5,7-11,18,24,28,30-42H,6,12H2/t18-,24?,28?,30?,31+,32+/m1/s1. The van der Waals surface area contributed by atoms with Crippen LogP contribution in [0.5, 0.6) is 40.2 Å². The molecule has 218 valence electrons. The molecule has 2 aliphatic rings. The Kier molecular flexibility index (Phi) is 6.57. The zero-order valence-corrected chi connectivity index (χ0v) is 22.1. The zero-order chi connectivity index (χ0) is 30.0. The molecule has 0 aromatic heterocycles. The predicted octanol–water partition coefficient (Wildman–Crippen LogP) is 3.66. The zero-order valence-electron chi connectivity index (χ0n) is 22.1. The maximum absolute atomic E-state index is 12.0. The van der Waals surface area contributed by atoms with Crippen molar-refractivity contribution in [2.75, 3.05) is 0 Å². The molecule has 0 radical (unpaired) electrons. The van der Waals surface area contributed by atoms with E-state index in [1.54, 1.807) is 12.1 Å². The first-order valence-electron chi connectivity index (χ1n) is 13.4. The molecule has 0 saturated heterocycles. The van der Waals surface area contributed by atoms with E-state index in [9.17, 15) is 51.1 Å². The minimum atomic E-state index is -1.26. The second-order valence-corrected chi connectivity index (χ2v) is 11.2. The topological polar surface area (TPSA) is 202 Å². The van der Waals surface area contributed by atoms with Crippen molar-refractivity contribution >= 4 is 0 Å². The Balaban J connectivity index is 1.56. The maximum atomic E-state index is 12.0. The summed E-state index contributed by atoms with van der Waals surface area (Å²) in [5.74, 6) is -4.80. The molecule has 10 heteroatoms. The maximum Gasteiger partial charge on any atom is 0.158 e. The normalized spacial score (nSPS) is 25.0. The Morgan fingerprint density at radius 2 is 1.26 bits per heavy atom. The first-order valence-corrected chi connectivity index (χ1v) is 13.4. The van der Waals surface area contributed by atoms with Crippen LogP contribution in [0.25, 0.3) is 11.1 Å². The molecule has 4 aromatic carbocycles. The van der Waals surface area contributed by atoms with E-state index in [1.807, 2.05) is 0 Å². The lowest BCUT2D eigenvalue weighted by Gasteiger charge is -2.45. The summed E-state index contributed by atoms with van der Waals surface area (Å²) in [5.41, 5.74) is 2.56. The lowest BCUT2D eigenvalue weighted by atomic mass is 9.62. The van der Waals surface area contributed by atoms with Gasteiger partial charge in [0.1, 0.15) is 17.2 Å². The van der Waals surface area contributed by atoms with Gasteiger partial charge in [0.05, 0.1) is 18.3 Å². The van der Waals surface area contributed by atoms with Gasteiger partial charge >= 0.3 is 0 Å². The van der Waals surface area contributed by atoms with E-state index in [2.05, 4.69) is 0 Å². The summed E-state index contributed by atoms with van der Waals surface area (Å²) < 4.78 is 0. The molecule has 0 saturated carbocycles. The molecule has 0 fully saturated rings. The van der Waals surface area contributed by atoms with E-state index in [0.29, 0.717) is 33.4 Å². The van der Waals surface area contributed by atoms with Crippen LogP contribution < -0.4 is 0 Å². The van der Waals surface area contributed by atoms with E-state index < -0.39 is 41.8 Å². The monoisotopic (exact) mass is 574 g/mol. The van der Waals surface area contributed by atoms with Gasteiger partial charge in [-0.3, -0.25) is 0 Å². The third-order valence-corrected chi connectivity index (χ3v) is 8.68. The van der Waals surface area contributed by atoms with Gasteiger partial charge in [-0.05, 0) is 76.7 Å². The number of fused-ring (bicyclic) bond motifs is 2. The Labute approximate surface area is 239 Å². The van der Waals surface area contributed by atoms with Crippen LogP contribution in [-0.4, -0.2) is 63.3 Å². The summed E-state index contributed by atoms with van der Waals surface area (Å²) in [6.45, 7) is 0. The van der Waals surface area contributed by atoms with Crippen LogP contribution in [0.15, 0.2) is 60.7 Å². The van der Waals surface area contributed by atoms with Crippen molar-refractivity contribution in [3.8, 4) is 51.4 Å². The second-order valence-electron chi connectivity index (χ2n) is 11.2. The lowest BCUT2D eigenvalue weighted by molar-refractivity contribution is 0.0114. The van der Waals surface area contributed by atoms with E-state index in [-0.39, 0.29) is 52.9 Å². The van der Waals surface area contributed by atoms with Crippen molar-refractivity contribution in [1.82, 2.24) is 0 Å². The summed E-state index contributed by atoms with van der Waals surface area (Å²) in [7, 11) is 0. The number of aromatic hydroxyl groups is 7. The highest BCUT2D eigenvalue weighted by atomic mass is 16.3. The molecule has 3 unspecified atom stereocenters. The highest BCUT2D eigenvalue weighted by Crippen LogP contribution is 2.56. The Hall–Kier alpha value is -4.64. The third-order valence-electron chi connectivity index (χ3n) is 8.68. The molecular weight excluding hydrogens is 544 g/mol. The summed E-state index contributed by atoms with van der Waals surface area (Å²) in [6, 6.07) is 13.7. The molecule has 2 aliphatic carbocycles. The number of benzene rings is 4. The molecule has 6 atom stereocenters. The number of phenols is 7. The molecule has 0 spiro atoms. The van der Waals surface area contributed by atoms with Crippen LogP contribution in [0.1, 0.15) is 58.1 Å². The summed E-state index contributed by atoms with van der Waals surface area (Å²) in [6.07, 6.45) is -3.60. The second kappa shape index (κ2) is 10.0. The van der Waals surface area contributed by atoms with Gasteiger partial charge in [-0.1, -0.05) is 12.1 Å². The van der Waals surface area contributed by atoms with Crippen molar-refractivity contribution < 1.29 is 51.1 Å². The van der Waals surface area contributed by atoms with Crippen LogP contribution in [0.3, 0.4) is 0 Å².